The number of hydrogen-bond donors (Lipinski definition) is 2. The van der Waals surface area contributed by atoms with E-state index in [9.17, 15) is 9.90 Å². The van der Waals surface area contributed by atoms with Gasteiger partial charge in [-0.25, -0.2) is 0 Å². The van der Waals surface area contributed by atoms with Crippen LogP contribution in [-0.4, -0.2) is 51.9 Å². The summed E-state index contributed by atoms with van der Waals surface area (Å²) in [7, 11) is 3.34. The van der Waals surface area contributed by atoms with Crippen molar-refractivity contribution in [1.82, 2.24) is 14.5 Å². The molecule has 1 saturated heterocycles. The number of aromatic amines is 1. The Bertz CT molecular complexity index is 1240. The molecule has 6 nitrogen and oxygen atoms in total. The fourth-order valence-electron chi connectivity index (χ4n) is 5.46. The molecule has 0 aliphatic carbocycles. The highest BCUT2D eigenvalue weighted by Crippen LogP contribution is 2.39. The zero-order valence-electron chi connectivity index (χ0n) is 21.7. The van der Waals surface area contributed by atoms with Crippen LogP contribution in [-0.2, 0) is 7.05 Å². The summed E-state index contributed by atoms with van der Waals surface area (Å²) in [5.74, 6) is 1.20. The minimum absolute atomic E-state index is 0.121. The number of hydrogen-bond acceptors (Lipinski definition) is 4. The number of nitrogens with one attached hydrogen (secondary N) is 1. The van der Waals surface area contributed by atoms with Gasteiger partial charge in [-0.3, -0.25) is 4.79 Å². The molecule has 0 bridgehead atoms. The first kappa shape index (κ1) is 24.6. The molecular formula is C28H39N3O3. The van der Waals surface area contributed by atoms with Crippen LogP contribution < -0.4 is 10.3 Å². The van der Waals surface area contributed by atoms with E-state index in [4.69, 9.17) is 4.74 Å². The van der Waals surface area contributed by atoms with E-state index in [1.165, 1.54) is 16.5 Å². The van der Waals surface area contributed by atoms with Gasteiger partial charge in [0.2, 0.25) is 0 Å². The number of ether oxygens (including phenoxy) is 1. The van der Waals surface area contributed by atoms with Gasteiger partial charge in [0.15, 0.2) is 5.75 Å². The van der Waals surface area contributed by atoms with Crippen LogP contribution in [0.15, 0.2) is 29.1 Å². The van der Waals surface area contributed by atoms with Crippen molar-refractivity contribution in [3.05, 3.63) is 51.4 Å². The van der Waals surface area contributed by atoms with Gasteiger partial charge in [-0.05, 0) is 87.9 Å². The van der Waals surface area contributed by atoms with Gasteiger partial charge in [0, 0.05) is 35.8 Å². The molecule has 1 aromatic carbocycles. The van der Waals surface area contributed by atoms with Gasteiger partial charge in [-0.2, -0.15) is 0 Å². The Morgan fingerprint density at radius 3 is 2.47 bits per heavy atom. The maximum Gasteiger partial charge on any atom is 0.292 e. The lowest BCUT2D eigenvalue weighted by Gasteiger charge is -2.35. The van der Waals surface area contributed by atoms with Crippen LogP contribution in [0.25, 0.3) is 22.2 Å². The molecule has 2 N–H and O–H groups in total. The van der Waals surface area contributed by atoms with Crippen molar-refractivity contribution >= 4 is 10.9 Å². The molecule has 0 radical (unpaired) electrons. The third-order valence-corrected chi connectivity index (χ3v) is 7.28. The van der Waals surface area contributed by atoms with E-state index in [2.05, 4.69) is 41.9 Å². The molecule has 0 saturated carbocycles. The monoisotopic (exact) mass is 465 g/mol. The van der Waals surface area contributed by atoms with Crippen molar-refractivity contribution in [2.45, 2.75) is 64.9 Å². The van der Waals surface area contributed by atoms with E-state index in [0.717, 1.165) is 54.9 Å². The number of fused-ring (bicyclic) bond motifs is 1. The summed E-state index contributed by atoms with van der Waals surface area (Å²) in [6.07, 6.45) is 2.21. The Kier molecular flexibility index (Phi) is 6.67. The van der Waals surface area contributed by atoms with E-state index < -0.39 is 5.60 Å². The lowest BCUT2D eigenvalue weighted by atomic mass is 9.87. The largest absolute Gasteiger partial charge is 0.491 e. The first-order valence-corrected chi connectivity index (χ1v) is 12.4. The molecule has 4 rings (SSSR count). The predicted octanol–water partition coefficient (Wildman–Crippen LogP) is 4.92. The third-order valence-electron chi connectivity index (χ3n) is 7.28. The summed E-state index contributed by atoms with van der Waals surface area (Å²) < 4.78 is 7.05. The molecule has 1 aliphatic rings. The summed E-state index contributed by atoms with van der Waals surface area (Å²) >= 11 is 0. The fourth-order valence-corrected chi connectivity index (χ4v) is 5.46. The van der Waals surface area contributed by atoms with Crippen molar-refractivity contribution in [2.24, 2.45) is 7.05 Å². The average Bonchev–Trinajstić information content (AvgIpc) is 3.16. The number of aliphatic hydroxyl groups is 1. The second-order valence-electron chi connectivity index (χ2n) is 10.8. The molecule has 184 valence electrons. The number of rotatable bonds is 6. The highest BCUT2D eigenvalue weighted by molar-refractivity contribution is 5.92. The normalized spacial score (nSPS) is 16.0. The van der Waals surface area contributed by atoms with Crippen molar-refractivity contribution < 1.29 is 9.84 Å². The zero-order chi connectivity index (χ0) is 24.8. The molecule has 3 aromatic rings. The Morgan fingerprint density at radius 2 is 1.88 bits per heavy atom. The van der Waals surface area contributed by atoms with Crippen molar-refractivity contribution in [3.8, 4) is 17.0 Å². The molecule has 0 atom stereocenters. The van der Waals surface area contributed by atoms with Crippen LogP contribution in [0.1, 0.15) is 69.2 Å². The minimum atomic E-state index is -0.652. The number of aromatic nitrogens is 2. The molecule has 3 heterocycles. The first-order valence-electron chi connectivity index (χ1n) is 12.4. The van der Waals surface area contributed by atoms with Crippen LogP contribution in [0, 0.1) is 6.92 Å². The Labute approximate surface area is 202 Å². The molecule has 1 aliphatic heterocycles. The van der Waals surface area contributed by atoms with Crippen LogP contribution in [0.5, 0.6) is 5.75 Å². The maximum absolute atomic E-state index is 12.5. The Hall–Kier alpha value is -2.57. The lowest BCUT2D eigenvalue weighted by molar-refractivity contribution is 0.0282. The Morgan fingerprint density at radius 1 is 1.21 bits per heavy atom. The van der Waals surface area contributed by atoms with E-state index in [-0.39, 0.29) is 5.56 Å². The number of β-amino-alcohol motifs (C(OH)–C–C–N with tert-alkyl or cyclic N) is 1. The second kappa shape index (κ2) is 9.23. The smallest absolute Gasteiger partial charge is 0.292 e. The maximum atomic E-state index is 12.5. The molecule has 0 spiro atoms. The molecular weight excluding hydrogens is 426 g/mol. The third kappa shape index (κ3) is 4.66. The number of pyridine rings is 1. The van der Waals surface area contributed by atoms with Crippen molar-refractivity contribution in [2.75, 3.05) is 26.7 Å². The predicted molar refractivity (Wildman–Crippen MR) is 139 cm³/mol. The van der Waals surface area contributed by atoms with E-state index >= 15 is 0 Å². The van der Waals surface area contributed by atoms with Crippen molar-refractivity contribution in [3.63, 3.8) is 0 Å². The van der Waals surface area contributed by atoms with E-state index in [0.29, 0.717) is 17.6 Å². The van der Waals surface area contributed by atoms with Gasteiger partial charge in [0.1, 0.15) is 0 Å². The highest BCUT2D eigenvalue weighted by atomic mass is 16.5. The topological polar surface area (TPSA) is 70.5 Å². The molecule has 0 amide bonds. The number of benzene rings is 1. The molecule has 0 unspecified atom stereocenters. The molecule has 1 fully saturated rings. The number of piperidine rings is 1. The molecule has 6 heteroatoms. The first-order chi connectivity index (χ1) is 16.0. The molecule has 34 heavy (non-hydrogen) atoms. The van der Waals surface area contributed by atoms with Crippen LogP contribution >= 0.6 is 0 Å². The number of methoxy groups -OCH3 is 1. The standard InChI is InChI=1S/C28H39N3O3/c1-17(2)25-22-14-20(19-10-12-31(13-11-19)16-28(4,5)33)8-9-23(22)29-26(25)21-15-24(34-7)27(32)30(6)18(21)3/h8-9,14-15,17,19,29,33H,10-13,16H2,1-7H3. The van der Waals surface area contributed by atoms with Crippen molar-refractivity contribution in [1.29, 1.82) is 0 Å². The minimum Gasteiger partial charge on any atom is -0.491 e. The fraction of sp³-hybridized carbons (Fsp3) is 0.536. The van der Waals surface area contributed by atoms with E-state index in [1.54, 1.807) is 18.7 Å². The van der Waals surface area contributed by atoms with Gasteiger partial charge in [-0.1, -0.05) is 19.9 Å². The van der Waals surface area contributed by atoms with Crippen LogP contribution in [0.2, 0.25) is 0 Å². The second-order valence-corrected chi connectivity index (χ2v) is 10.8. The number of H-pyrrole nitrogens is 1. The highest BCUT2D eigenvalue weighted by Gasteiger charge is 2.26. The molecule has 2 aromatic heterocycles. The lowest BCUT2D eigenvalue weighted by Crippen LogP contribution is -2.42. The van der Waals surface area contributed by atoms with Crippen LogP contribution in [0.4, 0.5) is 0 Å². The number of nitrogens with zero attached hydrogens (tertiary/aromatic N) is 2. The van der Waals surface area contributed by atoms with Crippen LogP contribution in [0.3, 0.4) is 0 Å². The average molecular weight is 466 g/mol. The van der Waals surface area contributed by atoms with Gasteiger partial charge >= 0.3 is 0 Å². The van der Waals surface area contributed by atoms with Gasteiger partial charge in [0.05, 0.1) is 18.4 Å². The summed E-state index contributed by atoms with van der Waals surface area (Å²) in [6, 6.07) is 8.71. The summed E-state index contributed by atoms with van der Waals surface area (Å²) in [6.45, 7) is 12.9. The van der Waals surface area contributed by atoms with Gasteiger partial charge in [0.25, 0.3) is 5.56 Å². The zero-order valence-corrected chi connectivity index (χ0v) is 21.7. The van der Waals surface area contributed by atoms with Gasteiger partial charge in [-0.15, -0.1) is 0 Å². The Balaban J connectivity index is 1.73. The number of likely N-dealkylation sites (tertiary alicyclic amines) is 1. The quantitative estimate of drug-likeness (QED) is 0.542. The summed E-state index contributed by atoms with van der Waals surface area (Å²) in [5, 5.41) is 11.4. The summed E-state index contributed by atoms with van der Waals surface area (Å²) in [5.41, 5.74) is 5.99. The van der Waals surface area contributed by atoms with Gasteiger partial charge < -0.3 is 24.3 Å². The summed E-state index contributed by atoms with van der Waals surface area (Å²) in [4.78, 5) is 18.6. The SMILES string of the molecule is COc1cc(-c2[nH]c3ccc(C4CCN(CC(C)(C)O)CC4)cc3c2C(C)C)c(C)n(C)c1=O. The van der Waals surface area contributed by atoms with E-state index in [1.807, 2.05) is 26.8 Å².